The Morgan fingerprint density at radius 3 is 2.71 bits per heavy atom. The molecule has 5 heteroatoms. The molecule has 0 aromatic carbocycles. The fraction of sp³-hybridized carbons (Fsp3) is 0.667. The molecule has 0 amide bonds. The highest BCUT2D eigenvalue weighted by molar-refractivity contribution is 7.71. The Kier molecular flexibility index (Phi) is 2.88. The Hall–Kier alpha value is -0.940. The number of aromatic nitrogens is 2. The highest BCUT2D eigenvalue weighted by Gasteiger charge is 2.19. The van der Waals surface area contributed by atoms with Crippen LogP contribution in [-0.2, 0) is 12.8 Å². The van der Waals surface area contributed by atoms with Gasteiger partial charge in [-0.1, -0.05) is 12.2 Å². The number of aromatic amines is 1. The van der Waals surface area contributed by atoms with Crippen LogP contribution in [-0.4, -0.2) is 48.1 Å². The first-order valence-corrected chi connectivity index (χ1v) is 6.70. The van der Waals surface area contributed by atoms with Crippen molar-refractivity contribution in [1.29, 1.82) is 0 Å². The minimum Gasteiger partial charge on any atom is -0.340 e. The third-order valence-electron chi connectivity index (χ3n) is 3.75. The van der Waals surface area contributed by atoms with E-state index in [1.54, 1.807) is 0 Å². The fourth-order valence-electron chi connectivity index (χ4n) is 2.61. The van der Waals surface area contributed by atoms with Gasteiger partial charge in [-0.15, -0.1) is 0 Å². The van der Waals surface area contributed by atoms with E-state index in [1.807, 2.05) is 0 Å². The second kappa shape index (κ2) is 4.38. The van der Waals surface area contributed by atoms with Gasteiger partial charge in [-0.05, 0) is 26.3 Å². The molecule has 4 nitrogen and oxygen atoms in total. The molecule has 3 rings (SSSR count). The van der Waals surface area contributed by atoms with E-state index in [4.69, 9.17) is 12.2 Å². The molecule has 1 fully saturated rings. The first-order valence-electron chi connectivity index (χ1n) is 6.29. The number of hydrogen-bond donors (Lipinski definition) is 1. The van der Waals surface area contributed by atoms with Crippen molar-refractivity contribution in [2.24, 2.45) is 0 Å². The SMILES string of the molecule is CN1CCN(c2nc(=S)c3c([nH]2)CCC3)CC1. The maximum absolute atomic E-state index is 5.39. The van der Waals surface area contributed by atoms with Crippen molar-refractivity contribution in [3.63, 3.8) is 0 Å². The second-order valence-electron chi connectivity index (χ2n) is 4.97. The van der Waals surface area contributed by atoms with Gasteiger partial charge in [0.1, 0.15) is 4.64 Å². The summed E-state index contributed by atoms with van der Waals surface area (Å²) in [5, 5.41) is 0. The summed E-state index contributed by atoms with van der Waals surface area (Å²) >= 11 is 5.39. The van der Waals surface area contributed by atoms with Gasteiger partial charge in [0.05, 0.1) is 0 Å². The Balaban J connectivity index is 1.89. The standard InChI is InChI=1S/C12H18N4S/c1-15-5-7-16(8-6-15)12-13-10-4-2-3-9(10)11(17)14-12/h2-8H2,1H3,(H,13,14,17). The summed E-state index contributed by atoms with van der Waals surface area (Å²) in [5.41, 5.74) is 2.59. The van der Waals surface area contributed by atoms with Crippen molar-refractivity contribution in [2.75, 3.05) is 38.1 Å². The zero-order valence-corrected chi connectivity index (χ0v) is 11.0. The van der Waals surface area contributed by atoms with Crippen molar-refractivity contribution < 1.29 is 0 Å². The van der Waals surface area contributed by atoms with Gasteiger partial charge >= 0.3 is 0 Å². The predicted octanol–water partition coefficient (Wildman–Crippen LogP) is 1.38. The molecule has 1 saturated heterocycles. The Morgan fingerprint density at radius 2 is 1.94 bits per heavy atom. The topological polar surface area (TPSA) is 35.2 Å². The molecule has 1 aromatic rings. The molecule has 2 aliphatic rings. The van der Waals surface area contributed by atoms with Crippen LogP contribution in [0.3, 0.4) is 0 Å². The normalized spacial score (nSPS) is 20.6. The lowest BCUT2D eigenvalue weighted by Crippen LogP contribution is -2.45. The van der Waals surface area contributed by atoms with Gasteiger partial charge in [0.25, 0.3) is 0 Å². The third-order valence-corrected chi connectivity index (χ3v) is 4.09. The predicted molar refractivity (Wildman–Crippen MR) is 71.2 cm³/mol. The quantitative estimate of drug-likeness (QED) is 0.764. The number of nitrogens with zero attached hydrogens (tertiary/aromatic N) is 3. The summed E-state index contributed by atoms with van der Waals surface area (Å²) in [6, 6.07) is 0. The van der Waals surface area contributed by atoms with Crippen LogP contribution in [0.2, 0.25) is 0 Å². The van der Waals surface area contributed by atoms with Gasteiger partial charge in [0, 0.05) is 37.4 Å². The number of aryl methyl sites for hydroxylation is 1. The van der Waals surface area contributed by atoms with Crippen LogP contribution in [0.15, 0.2) is 0 Å². The van der Waals surface area contributed by atoms with Gasteiger partial charge in [-0.2, -0.15) is 0 Å². The third kappa shape index (κ3) is 2.09. The highest BCUT2D eigenvalue weighted by atomic mass is 32.1. The van der Waals surface area contributed by atoms with Gasteiger partial charge in [0.15, 0.2) is 0 Å². The monoisotopic (exact) mass is 250 g/mol. The van der Waals surface area contributed by atoms with Crippen molar-refractivity contribution in [3.05, 3.63) is 15.9 Å². The zero-order valence-electron chi connectivity index (χ0n) is 10.2. The van der Waals surface area contributed by atoms with E-state index >= 15 is 0 Å². The second-order valence-corrected chi connectivity index (χ2v) is 5.35. The van der Waals surface area contributed by atoms with Crippen LogP contribution in [0.4, 0.5) is 5.95 Å². The Morgan fingerprint density at radius 1 is 1.18 bits per heavy atom. The number of anilines is 1. The molecule has 0 bridgehead atoms. The lowest BCUT2D eigenvalue weighted by molar-refractivity contribution is 0.311. The molecule has 1 aliphatic heterocycles. The Bertz CT molecular complexity index is 474. The molecule has 0 radical (unpaired) electrons. The van der Waals surface area contributed by atoms with Crippen molar-refractivity contribution >= 4 is 18.2 Å². The van der Waals surface area contributed by atoms with E-state index < -0.39 is 0 Å². The van der Waals surface area contributed by atoms with E-state index in [0.717, 1.165) is 49.6 Å². The summed E-state index contributed by atoms with van der Waals surface area (Å²) in [4.78, 5) is 12.7. The molecule has 1 N–H and O–H groups in total. The summed E-state index contributed by atoms with van der Waals surface area (Å²) in [7, 11) is 2.16. The van der Waals surface area contributed by atoms with Crippen LogP contribution in [0.1, 0.15) is 17.7 Å². The van der Waals surface area contributed by atoms with E-state index in [2.05, 4.69) is 26.8 Å². The number of likely N-dealkylation sites (N-methyl/N-ethyl adjacent to an activating group) is 1. The molecule has 0 saturated carbocycles. The smallest absolute Gasteiger partial charge is 0.204 e. The van der Waals surface area contributed by atoms with Gasteiger partial charge < -0.3 is 14.8 Å². The molecule has 92 valence electrons. The van der Waals surface area contributed by atoms with E-state index in [-0.39, 0.29) is 0 Å². The fourth-order valence-corrected chi connectivity index (χ4v) is 2.92. The van der Waals surface area contributed by atoms with Gasteiger partial charge in [-0.25, -0.2) is 4.98 Å². The maximum atomic E-state index is 5.39. The van der Waals surface area contributed by atoms with Crippen molar-refractivity contribution in [1.82, 2.24) is 14.9 Å². The highest BCUT2D eigenvalue weighted by Crippen LogP contribution is 2.23. The number of H-pyrrole nitrogens is 1. The molecule has 0 unspecified atom stereocenters. The largest absolute Gasteiger partial charge is 0.340 e. The average Bonchev–Trinajstić information content (AvgIpc) is 2.78. The van der Waals surface area contributed by atoms with Crippen LogP contribution < -0.4 is 4.90 Å². The molecule has 1 aromatic heterocycles. The van der Waals surface area contributed by atoms with Crippen LogP contribution >= 0.6 is 12.2 Å². The first kappa shape index (κ1) is 11.2. The van der Waals surface area contributed by atoms with Gasteiger partial charge in [0.2, 0.25) is 5.95 Å². The number of fused-ring (bicyclic) bond motifs is 1. The number of hydrogen-bond acceptors (Lipinski definition) is 4. The van der Waals surface area contributed by atoms with Crippen molar-refractivity contribution in [3.8, 4) is 0 Å². The number of piperazine rings is 1. The summed E-state index contributed by atoms with van der Waals surface area (Å²) in [6.45, 7) is 4.26. The molecular formula is C12H18N4S. The maximum Gasteiger partial charge on any atom is 0.204 e. The van der Waals surface area contributed by atoms with E-state index in [1.165, 1.54) is 17.7 Å². The lowest BCUT2D eigenvalue weighted by atomic mass is 10.3. The van der Waals surface area contributed by atoms with E-state index in [9.17, 15) is 0 Å². The van der Waals surface area contributed by atoms with Crippen molar-refractivity contribution in [2.45, 2.75) is 19.3 Å². The molecule has 0 atom stereocenters. The van der Waals surface area contributed by atoms with Crippen LogP contribution in [0.25, 0.3) is 0 Å². The Labute approximate surface area is 107 Å². The lowest BCUT2D eigenvalue weighted by Gasteiger charge is -2.33. The summed E-state index contributed by atoms with van der Waals surface area (Å²) < 4.78 is 0.810. The number of rotatable bonds is 1. The number of nitrogens with one attached hydrogen (secondary N) is 1. The molecule has 2 heterocycles. The summed E-state index contributed by atoms with van der Waals surface area (Å²) in [6.07, 6.45) is 3.44. The van der Waals surface area contributed by atoms with E-state index in [0.29, 0.717) is 0 Å². The molecular weight excluding hydrogens is 232 g/mol. The molecule has 17 heavy (non-hydrogen) atoms. The average molecular weight is 250 g/mol. The minimum absolute atomic E-state index is 0.810. The summed E-state index contributed by atoms with van der Waals surface area (Å²) in [5.74, 6) is 0.976. The minimum atomic E-state index is 0.810. The molecule has 1 aliphatic carbocycles. The zero-order chi connectivity index (χ0) is 11.8. The van der Waals surface area contributed by atoms with Crippen LogP contribution in [0.5, 0.6) is 0 Å². The molecule has 0 spiro atoms. The first-order chi connectivity index (χ1) is 8.24. The van der Waals surface area contributed by atoms with Gasteiger partial charge in [-0.3, -0.25) is 0 Å². The van der Waals surface area contributed by atoms with Crippen LogP contribution in [0, 0.1) is 4.64 Å².